The van der Waals surface area contributed by atoms with E-state index < -0.39 is 5.60 Å². The maximum Gasteiger partial charge on any atom is 0.315 e. The van der Waals surface area contributed by atoms with Crippen molar-refractivity contribution in [3.05, 3.63) is 65.7 Å². The Morgan fingerprint density at radius 1 is 1.11 bits per heavy atom. The number of urea groups is 1. The van der Waals surface area contributed by atoms with Crippen LogP contribution in [-0.2, 0) is 16.9 Å². The molecule has 3 N–H and O–H groups in total. The van der Waals surface area contributed by atoms with Crippen molar-refractivity contribution < 1.29 is 19.4 Å². The number of carbonyl (C=O) groups excluding carboxylic acids is 1. The quantitative estimate of drug-likeness (QED) is 0.686. The van der Waals surface area contributed by atoms with Crippen molar-refractivity contribution in [2.24, 2.45) is 5.92 Å². The highest BCUT2D eigenvalue weighted by atomic mass is 16.5. The van der Waals surface area contributed by atoms with Gasteiger partial charge in [-0.05, 0) is 42.0 Å². The van der Waals surface area contributed by atoms with Crippen molar-refractivity contribution in [3.63, 3.8) is 0 Å². The van der Waals surface area contributed by atoms with Gasteiger partial charge >= 0.3 is 6.03 Å². The SMILES string of the molecule is COc1ccc(CNC(=O)NCC(O)(c2ccccc2)C2CCOCC2)cc1. The zero-order valence-corrected chi connectivity index (χ0v) is 16.2. The molecule has 1 unspecified atom stereocenters. The Hall–Kier alpha value is -2.57. The van der Waals surface area contributed by atoms with Crippen molar-refractivity contribution >= 4 is 6.03 Å². The van der Waals surface area contributed by atoms with Crippen LogP contribution < -0.4 is 15.4 Å². The van der Waals surface area contributed by atoms with E-state index in [1.807, 2.05) is 54.6 Å². The molecule has 28 heavy (non-hydrogen) atoms. The number of amides is 2. The Morgan fingerprint density at radius 2 is 1.79 bits per heavy atom. The predicted octanol–water partition coefficient (Wildman–Crippen LogP) is 2.81. The Kier molecular flexibility index (Phi) is 6.90. The third-order valence-corrected chi connectivity index (χ3v) is 5.30. The van der Waals surface area contributed by atoms with Gasteiger partial charge in [0.2, 0.25) is 0 Å². The molecule has 0 aromatic heterocycles. The Balaban J connectivity index is 1.60. The zero-order chi connectivity index (χ0) is 19.8. The summed E-state index contributed by atoms with van der Waals surface area (Å²) in [4.78, 5) is 12.3. The average Bonchev–Trinajstić information content (AvgIpc) is 2.77. The lowest BCUT2D eigenvalue weighted by Crippen LogP contribution is -2.49. The third kappa shape index (κ3) is 5.03. The van der Waals surface area contributed by atoms with E-state index in [2.05, 4.69) is 10.6 Å². The first-order valence-corrected chi connectivity index (χ1v) is 9.62. The highest BCUT2D eigenvalue weighted by Gasteiger charge is 2.39. The fraction of sp³-hybridized carbons (Fsp3) is 0.409. The first-order chi connectivity index (χ1) is 13.6. The van der Waals surface area contributed by atoms with Crippen LogP contribution in [-0.4, -0.2) is 38.0 Å². The summed E-state index contributed by atoms with van der Waals surface area (Å²) in [5.41, 5.74) is 0.665. The molecular formula is C22H28N2O4. The fourth-order valence-corrected chi connectivity index (χ4v) is 3.59. The molecule has 0 radical (unpaired) electrons. The van der Waals surface area contributed by atoms with Crippen LogP contribution in [0.15, 0.2) is 54.6 Å². The standard InChI is InChI=1S/C22H28N2O4/c1-27-20-9-7-17(8-10-20)15-23-21(25)24-16-22(26,18-5-3-2-4-6-18)19-11-13-28-14-12-19/h2-10,19,26H,11-16H2,1H3,(H2,23,24,25). The molecular weight excluding hydrogens is 356 g/mol. The first kappa shape index (κ1) is 20.2. The van der Waals surface area contributed by atoms with Crippen LogP contribution in [0.1, 0.15) is 24.0 Å². The smallest absolute Gasteiger partial charge is 0.315 e. The number of ether oxygens (including phenoxy) is 2. The van der Waals surface area contributed by atoms with Gasteiger partial charge in [0.05, 0.1) is 13.7 Å². The number of nitrogens with one attached hydrogen (secondary N) is 2. The van der Waals surface area contributed by atoms with E-state index in [1.54, 1.807) is 7.11 Å². The van der Waals surface area contributed by atoms with Crippen molar-refractivity contribution in [2.75, 3.05) is 26.9 Å². The van der Waals surface area contributed by atoms with E-state index >= 15 is 0 Å². The number of benzene rings is 2. The maximum absolute atomic E-state index is 12.3. The molecule has 1 aliphatic heterocycles. The van der Waals surface area contributed by atoms with Crippen LogP contribution >= 0.6 is 0 Å². The molecule has 1 heterocycles. The molecule has 0 spiro atoms. The van der Waals surface area contributed by atoms with Crippen LogP contribution in [0.25, 0.3) is 0 Å². The summed E-state index contributed by atoms with van der Waals surface area (Å²) in [6, 6.07) is 16.8. The minimum Gasteiger partial charge on any atom is -0.497 e. The predicted molar refractivity (Wildman–Crippen MR) is 107 cm³/mol. The molecule has 6 nitrogen and oxygen atoms in total. The molecule has 1 fully saturated rings. The van der Waals surface area contributed by atoms with E-state index in [4.69, 9.17) is 9.47 Å². The van der Waals surface area contributed by atoms with Crippen LogP contribution in [0.5, 0.6) is 5.75 Å². The van der Waals surface area contributed by atoms with Gasteiger partial charge in [-0.1, -0.05) is 42.5 Å². The number of carbonyl (C=O) groups is 1. The first-order valence-electron chi connectivity index (χ1n) is 9.62. The van der Waals surface area contributed by atoms with Crippen LogP contribution in [0.3, 0.4) is 0 Å². The van der Waals surface area contributed by atoms with Crippen molar-refractivity contribution in [1.82, 2.24) is 10.6 Å². The second-order valence-corrected chi connectivity index (χ2v) is 7.06. The molecule has 2 amide bonds. The van der Waals surface area contributed by atoms with E-state index in [0.717, 1.165) is 29.7 Å². The van der Waals surface area contributed by atoms with Gasteiger partial charge in [-0.15, -0.1) is 0 Å². The van der Waals surface area contributed by atoms with Gasteiger partial charge in [-0.2, -0.15) is 0 Å². The molecule has 150 valence electrons. The number of methoxy groups -OCH3 is 1. The molecule has 1 saturated heterocycles. The summed E-state index contributed by atoms with van der Waals surface area (Å²) in [6.45, 7) is 1.81. The van der Waals surface area contributed by atoms with Gasteiger partial charge in [0.1, 0.15) is 11.4 Å². The highest BCUT2D eigenvalue weighted by Crippen LogP contribution is 2.35. The topological polar surface area (TPSA) is 79.8 Å². The molecule has 0 aliphatic carbocycles. The molecule has 2 aromatic rings. The minimum absolute atomic E-state index is 0.0329. The summed E-state index contributed by atoms with van der Waals surface area (Å²) < 4.78 is 10.6. The number of rotatable bonds is 7. The second-order valence-electron chi connectivity index (χ2n) is 7.06. The largest absolute Gasteiger partial charge is 0.497 e. The van der Waals surface area contributed by atoms with Gasteiger partial charge < -0.3 is 25.2 Å². The van der Waals surface area contributed by atoms with Gasteiger partial charge in [-0.3, -0.25) is 0 Å². The molecule has 6 heteroatoms. The Labute approximate surface area is 165 Å². The van der Waals surface area contributed by atoms with E-state index in [1.165, 1.54) is 0 Å². The Morgan fingerprint density at radius 3 is 2.43 bits per heavy atom. The maximum atomic E-state index is 12.3. The third-order valence-electron chi connectivity index (χ3n) is 5.30. The van der Waals surface area contributed by atoms with E-state index in [-0.39, 0.29) is 18.5 Å². The average molecular weight is 384 g/mol. The monoisotopic (exact) mass is 384 g/mol. The van der Waals surface area contributed by atoms with E-state index in [0.29, 0.717) is 19.8 Å². The number of aliphatic hydroxyl groups is 1. The summed E-state index contributed by atoms with van der Waals surface area (Å²) in [5, 5.41) is 17.2. The Bertz CT molecular complexity index is 745. The summed E-state index contributed by atoms with van der Waals surface area (Å²) in [5.74, 6) is 0.808. The van der Waals surface area contributed by atoms with Crippen LogP contribution in [0.2, 0.25) is 0 Å². The second kappa shape index (κ2) is 9.57. The van der Waals surface area contributed by atoms with Crippen LogP contribution in [0.4, 0.5) is 4.79 Å². The number of hydrogen-bond donors (Lipinski definition) is 3. The van der Waals surface area contributed by atoms with Gasteiger partial charge in [0.25, 0.3) is 0 Å². The normalized spacial score (nSPS) is 16.8. The van der Waals surface area contributed by atoms with E-state index in [9.17, 15) is 9.90 Å². The van der Waals surface area contributed by atoms with Gasteiger partial charge in [0, 0.05) is 19.8 Å². The van der Waals surface area contributed by atoms with Crippen molar-refractivity contribution in [2.45, 2.75) is 25.0 Å². The molecule has 0 bridgehead atoms. The zero-order valence-electron chi connectivity index (χ0n) is 16.2. The molecule has 3 rings (SSSR count). The fourth-order valence-electron chi connectivity index (χ4n) is 3.59. The number of hydrogen-bond acceptors (Lipinski definition) is 4. The summed E-state index contributed by atoms with van der Waals surface area (Å²) in [6.07, 6.45) is 1.53. The van der Waals surface area contributed by atoms with Crippen molar-refractivity contribution in [3.8, 4) is 5.75 Å². The van der Waals surface area contributed by atoms with Crippen LogP contribution in [0, 0.1) is 5.92 Å². The molecule has 0 saturated carbocycles. The molecule has 1 aliphatic rings. The summed E-state index contributed by atoms with van der Waals surface area (Å²) >= 11 is 0. The summed E-state index contributed by atoms with van der Waals surface area (Å²) in [7, 11) is 1.62. The lowest BCUT2D eigenvalue weighted by molar-refractivity contribution is -0.0676. The van der Waals surface area contributed by atoms with Gasteiger partial charge in [0.15, 0.2) is 0 Å². The lowest BCUT2D eigenvalue weighted by Gasteiger charge is -2.39. The van der Waals surface area contributed by atoms with Gasteiger partial charge in [-0.25, -0.2) is 4.79 Å². The lowest BCUT2D eigenvalue weighted by atomic mass is 9.77. The van der Waals surface area contributed by atoms with Crippen molar-refractivity contribution in [1.29, 1.82) is 0 Å². The highest BCUT2D eigenvalue weighted by molar-refractivity contribution is 5.74. The minimum atomic E-state index is -1.12. The molecule has 2 aromatic carbocycles. The molecule has 1 atom stereocenters.